The van der Waals surface area contributed by atoms with Crippen molar-refractivity contribution in [1.82, 2.24) is 34.0 Å². The highest BCUT2D eigenvalue weighted by molar-refractivity contribution is 7.89. The van der Waals surface area contributed by atoms with Gasteiger partial charge in [-0.3, -0.25) is 4.79 Å². The summed E-state index contributed by atoms with van der Waals surface area (Å²) in [6.45, 7) is 8.66. The average Bonchev–Trinajstić information content (AvgIpc) is 3.65. The molecule has 0 bridgehead atoms. The van der Waals surface area contributed by atoms with Crippen molar-refractivity contribution in [3.63, 3.8) is 0 Å². The van der Waals surface area contributed by atoms with E-state index in [1.54, 1.807) is 28.1 Å². The predicted molar refractivity (Wildman–Crippen MR) is 199 cm³/mol. The van der Waals surface area contributed by atoms with Gasteiger partial charge in [0.05, 0.1) is 30.7 Å². The molecule has 13 nitrogen and oxygen atoms in total. The Labute approximate surface area is 306 Å². The van der Waals surface area contributed by atoms with Crippen LogP contribution in [0.3, 0.4) is 0 Å². The summed E-state index contributed by atoms with van der Waals surface area (Å²) in [4.78, 5) is 40.8. The molecule has 2 aromatic heterocycles. The maximum absolute atomic E-state index is 14.4. The summed E-state index contributed by atoms with van der Waals surface area (Å²) in [5.41, 5.74) is 2.33. The molecule has 3 heterocycles. The number of imidazole rings is 1. The Hall–Kier alpha value is -4.53. The molecule has 0 aliphatic carbocycles. The van der Waals surface area contributed by atoms with Crippen LogP contribution >= 0.6 is 0 Å². The van der Waals surface area contributed by atoms with Gasteiger partial charge in [0.15, 0.2) is 5.65 Å². The molecule has 1 aliphatic heterocycles. The number of amides is 3. The number of methoxy groups -OCH3 is 1. The van der Waals surface area contributed by atoms with Crippen LogP contribution in [0.25, 0.3) is 11.2 Å². The standard InChI is InChI=1S/C38H51N7O6S/c1-7-27(4)35(45-21-20-43(38(45)48)25-34-40-31-14-11-19-39-36(31)42(34)5)37(47)41-32(22-28-12-9-8-10-13-28)33(46)24-44(23-26(2)3)52(49,50)30-17-15-29(51-6)16-18-30/h8-19,26-27,32-33,35,46H,7,20-25H2,1-6H3,(H,41,47)/t27-,32-,33-,35-/m0/s1. The molecule has 1 fully saturated rings. The number of hydrogen-bond donors (Lipinski definition) is 2. The van der Waals surface area contributed by atoms with E-state index in [1.807, 2.05) is 81.8 Å². The van der Waals surface area contributed by atoms with E-state index in [1.165, 1.54) is 23.5 Å². The normalized spacial score (nSPS) is 16.1. The van der Waals surface area contributed by atoms with E-state index >= 15 is 0 Å². The molecule has 0 unspecified atom stereocenters. The van der Waals surface area contributed by atoms with Crippen molar-refractivity contribution in [3.05, 3.63) is 84.3 Å². The van der Waals surface area contributed by atoms with Gasteiger partial charge >= 0.3 is 6.03 Å². The minimum atomic E-state index is -4.01. The number of carbonyl (C=O) groups excluding carboxylic acids is 2. The predicted octanol–water partition coefficient (Wildman–Crippen LogP) is 4.06. The van der Waals surface area contributed by atoms with Crippen molar-refractivity contribution in [2.45, 2.75) is 70.2 Å². The monoisotopic (exact) mass is 733 g/mol. The lowest BCUT2D eigenvalue weighted by atomic mass is 9.95. The summed E-state index contributed by atoms with van der Waals surface area (Å²) < 4.78 is 36.2. The largest absolute Gasteiger partial charge is 0.497 e. The number of hydrogen-bond acceptors (Lipinski definition) is 8. The van der Waals surface area contributed by atoms with Crippen molar-refractivity contribution < 1.29 is 27.9 Å². The van der Waals surface area contributed by atoms with Gasteiger partial charge in [-0.05, 0) is 60.2 Å². The van der Waals surface area contributed by atoms with Crippen LogP contribution in [0.15, 0.2) is 77.8 Å². The third-order valence-corrected chi connectivity index (χ3v) is 11.6. The van der Waals surface area contributed by atoms with Gasteiger partial charge in [-0.15, -0.1) is 0 Å². The first kappa shape index (κ1) is 38.7. The molecule has 1 aliphatic rings. The van der Waals surface area contributed by atoms with E-state index in [0.29, 0.717) is 31.1 Å². The Morgan fingerprint density at radius 3 is 2.37 bits per heavy atom. The van der Waals surface area contributed by atoms with Gasteiger partial charge < -0.3 is 29.5 Å². The number of aromatic nitrogens is 3. The molecule has 4 atom stereocenters. The number of urea groups is 1. The zero-order chi connectivity index (χ0) is 37.6. The fraction of sp³-hybridized carbons (Fsp3) is 0.474. The number of sulfonamides is 1. The zero-order valence-corrected chi connectivity index (χ0v) is 31.7. The van der Waals surface area contributed by atoms with Gasteiger partial charge in [-0.25, -0.2) is 23.2 Å². The van der Waals surface area contributed by atoms with Crippen molar-refractivity contribution in [2.24, 2.45) is 18.9 Å². The summed E-state index contributed by atoms with van der Waals surface area (Å²) in [5, 5.41) is 14.9. The highest BCUT2D eigenvalue weighted by Crippen LogP contribution is 2.25. The van der Waals surface area contributed by atoms with Gasteiger partial charge in [-0.2, -0.15) is 4.31 Å². The highest BCUT2D eigenvalue weighted by atomic mass is 32.2. The average molecular weight is 734 g/mol. The van der Waals surface area contributed by atoms with Gasteiger partial charge in [0.1, 0.15) is 23.1 Å². The second kappa shape index (κ2) is 16.9. The van der Waals surface area contributed by atoms with Crippen LogP contribution in [0.2, 0.25) is 0 Å². The Kier molecular flexibility index (Phi) is 12.6. The third-order valence-electron chi connectivity index (χ3n) is 9.71. The molecule has 1 saturated heterocycles. The van der Waals surface area contributed by atoms with E-state index < -0.39 is 34.1 Å². The Morgan fingerprint density at radius 2 is 1.73 bits per heavy atom. The Morgan fingerprint density at radius 1 is 1.02 bits per heavy atom. The van der Waals surface area contributed by atoms with Crippen molar-refractivity contribution in [1.29, 1.82) is 0 Å². The SMILES string of the molecule is CC[C@H](C)[C@@H](C(=O)N[C@@H](Cc1ccccc1)[C@@H](O)CN(CC(C)C)S(=O)(=O)c1ccc(OC)cc1)N1CCN(Cc2nc3cccnc3n2C)C1=O. The zero-order valence-electron chi connectivity index (χ0n) is 30.8. The highest BCUT2D eigenvalue weighted by Gasteiger charge is 2.41. The Balaban J connectivity index is 1.38. The number of aryl methyl sites for hydroxylation is 1. The molecule has 2 aromatic carbocycles. The van der Waals surface area contributed by atoms with Crippen LogP contribution in [0.5, 0.6) is 5.75 Å². The topological polar surface area (TPSA) is 150 Å². The van der Waals surface area contributed by atoms with Crippen LogP contribution < -0.4 is 10.1 Å². The molecular weight excluding hydrogens is 683 g/mol. The lowest BCUT2D eigenvalue weighted by Crippen LogP contribution is -2.57. The van der Waals surface area contributed by atoms with Gasteiger partial charge in [0.2, 0.25) is 15.9 Å². The third kappa shape index (κ3) is 8.73. The summed E-state index contributed by atoms with van der Waals surface area (Å²) in [6, 6.07) is 17.3. The second-order valence-corrected chi connectivity index (χ2v) is 15.9. The number of nitrogens with one attached hydrogen (secondary N) is 1. The number of rotatable bonds is 17. The Bertz CT molecular complexity index is 1920. The fourth-order valence-electron chi connectivity index (χ4n) is 6.65. The number of benzene rings is 2. The molecule has 3 amide bonds. The molecule has 0 saturated carbocycles. The number of fused-ring (bicyclic) bond motifs is 1. The molecule has 2 N–H and O–H groups in total. The molecule has 280 valence electrons. The number of aliphatic hydroxyl groups excluding tert-OH is 1. The van der Waals surface area contributed by atoms with E-state index in [-0.39, 0.29) is 48.8 Å². The lowest BCUT2D eigenvalue weighted by molar-refractivity contribution is -0.128. The molecule has 4 aromatic rings. The minimum Gasteiger partial charge on any atom is -0.497 e. The molecule has 52 heavy (non-hydrogen) atoms. The van der Waals surface area contributed by atoms with Crippen molar-refractivity contribution in [2.75, 3.05) is 33.3 Å². The van der Waals surface area contributed by atoms with Crippen LogP contribution in [0.1, 0.15) is 45.5 Å². The molecule has 5 rings (SSSR count). The van der Waals surface area contributed by atoms with Crippen molar-refractivity contribution >= 4 is 33.1 Å². The van der Waals surface area contributed by atoms with E-state index in [4.69, 9.17) is 4.74 Å². The maximum atomic E-state index is 14.4. The van der Waals surface area contributed by atoms with Gasteiger partial charge in [0, 0.05) is 39.4 Å². The second-order valence-electron chi connectivity index (χ2n) is 13.9. The molecule has 0 spiro atoms. The van der Waals surface area contributed by atoms with E-state index in [0.717, 1.165) is 16.7 Å². The molecule has 14 heteroatoms. The summed E-state index contributed by atoms with van der Waals surface area (Å²) >= 11 is 0. The first-order valence-electron chi connectivity index (χ1n) is 17.8. The maximum Gasteiger partial charge on any atom is 0.321 e. The quantitative estimate of drug-likeness (QED) is 0.165. The summed E-state index contributed by atoms with van der Waals surface area (Å²) in [6.07, 6.45) is 1.31. The van der Waals surface area contributed by atoms with Crippen LogP contribution in [-0.4, -0.2) is 106 Å². The van der Waals surface area contributed by atoms with Crippen molar-refractivity contribution in [3.8, 4) is 5.75 Å². The summed E-state index contributed by atoms with van der Waals surface area (Å²) in [7, 11) is -0.635. The number of ether oxygens (including phenoxy) is 1. The van der Waals surface area contributed by atoms with Gasteiger partial charge in [-0.1, -0.05) is 64.4 Å². The molecular formula is C38H51N7O6S. The van der Waals surface area contributed by atoms with Crippen LogP contribution in [0.4, 0.5) is 4.79 Å². The smallest absolute Gasteiger partial charge is 0.321 e. The first-order valence-corrected chi connectivity index (χ1v) is 19.3. The number of carbonyl (C=O) groups is 2. The van der Waals surface area contributed by atoms with E-state index in [2.05, 4.69) is 15.3 Å². The van der Waals surface area contributed by atoms with E-state index in [9.17, 15) is 23.1 Å². The molecule has 0 radical (unpaired) electrons. The van der Waals surface area contributed by atoms with Gasteiger partial charge in [0.25, 0.3) is 0 Å². The number of nitrogens with zero attached hydrogens (tertiary/aromatic N) is 6. The number of aliphatic hydroxyl groups is 1. The number of pyridine rings is 1. The fourth-order valence-corrected chi connectivity index (χ4v) is 8.27. The van der Waals surface area contributed by atoms with Crippen LogP contribution in [-0.2, 0) is 34.8 Å². The van der Waals surface area contributed by atoms with Crippen LogP contribution in [0, 0.1) is 11.8 Å². The first-order chi connectivity index (χ1) is 24.8. The summed E-state index contributed by atoms with van der Waals surface area (Å²) in [5.74, 6) is 0.575. The lowest BCUT2D eigenvalue weighted by Gasteiger charge is -2.35. The minimum absolute atomic E-state index is 0.0401.